The first-order valence-electron chi connectivity index (χ1n) is 7.30. The summed E-state index contributed by atoms with van der Waals surface area (Å²) in [7, 11) is 0. The van der Waals surface area contributed by atoms with Crippen molar-refractivity contribution in [3.05, 3.63) is 28.2 Å². The number of benzene rings is 1. The van der Waals surface area contributed by atoms with Crippen molar-refractivity contribution in [1.82, 2.24) is 5.32 Å². The third kappa shape index (κ3) is 5.27. The summed E-state index contributed by atoms with van der Waals surface area (Å²) in [4.78, 5) is 0. The number of nitrogens with one attached hydrogen (secondary N) is 1. The van der Waals surface area contributed by atoms with Crippen LogP contribution >= 0.6 is 28.3 Å². The number of hydrogen-bond acceptors (Lipinski definition) is 2. The zero-order valence-corrected chi connectivity index (χ0v) is 14.7. The maximum Gasteiger partial charge on any atom is 0.133 e. The number of piperidine rings is 1. The lowest BCUT2D eigenvalue weighted by atomic mass is 9.95. The average Bonchev–Trinajstić information content (AvgIpc) is 2.41. The molecule has 1 N–H and O–H groups in total. The summed E-state index contributed by atoms with van der Waals surface area (Å²) in [6, 6.07) is 6.42. The zero-order chi connectivity index (χ0) is 13.7. The Balaban J connectivity index is 0.00000200. The fourth-order valence-electron chi connectivity index (χ4n) is 2.50. The number of ether oxygens (including phenoxy) is 1. The first kappa shape index (κ1) is 17.8. The van der Waals surface area contributed by atoms with Gasteiger partial charge in [-0.15, -0.1) is 12.4 Å². The second kappa shape index (κ2) is 8.91. The summed E-state index contributed by atoms with van der Waals surface area (Å²) < 4.78 is 6.98. The van der Waals surface area contributed by atoms with Crippen LogP contribution in [-0.2, 0) is 0 Å². The van der Waals surface area contributed by atoms with Crippen molar-refractivity contribution in [3.8, 4) is 5.75 Å². The molecule has 0 bridgehead atoms. The molecule has 20 heavy (non-hydrogen) atoms. The van der Waals surface area contributed by atoms with Crippen LogP contribution in [0.3, 0.4) is 0 Å². The van der Waals surface area contributed by atoms with E-state index >= 15 is 0 Å². The Morgan fingerprint density at radius 1 is 1.30 bits per heavy atom. The van der Waals surface area contributed by atoms with E-state index in [0.717, 1.165) is 35.8 Å². The Morgan fingerprint density at radius 2 is 2.00 bits per heavy atom. The Bertz CT molecular complexity index is 405. The molecule has 2 rings (SSSR count). The molecule has 0 aromatic heterocycles. The van der Waals surface area contributed by atoms with E-state index < -0.39 is 0 Å². The molecule has 0 atom stereocenters. The molecule has 0 spiro atoms. The van der Waals surface area contributed by atoms with Gasteiger partial charge in [-0.1, -0.05) is 19.9 Å². The van der Waals surface area contributed by atoms with Gasteiger partial charge in [0.25, 0.3) is 0 Å². The molecule has 114 valence electrons. The van der Waals surface area contributed by atoms with Crippen LogP contribution < -0.4 is 10.1 Å². The summed E-state index contributed by atoms with van der Waals surface area (Å²) in [5, 5.41) is 3.40. The molecule has 0 amide bonds. The van der Waals surface area contributed by atoms with Gasteiger partial charge in [0, 0.05) is 0 Å². The van der Waals surface area contributed by atoms with E-state index in [2.05, 4.69) is 53.3 Å². The molecule has 0 radical (unpaired) electrons. The van der Waals surface area contributed by atoms with Crippen LogP contribution in [0.4, 0.5) is 0 Å². The maximum atomic E-state index is 5.91. The summed E-state index contributed by atoms with van der Waals surface area (Å²) in [5.74, 6) is 2.35. The molecular weight excluding hydrogens is 338 g/mol. The van der Waals surface area contributed by atoms with Gasteiger partial charge >= 0.3 is 0 Å². The molecule has 1 aliphatic heterocycles. The van der Waals surface area contributed by atoms with Gasteiger partial charge in [0.1, 0.15) is 5.75 Å². The van der Waals surface area contributed by atoms with Crippen LogP contribution in [0, 0.1) is 5.92 Å². The minimum atomic E-state index is 0. The molecule has 1 saturated heterocycles. The van der Waals surface area contributed by atoms with Gasteiger partial charge in [-0.3, -0.25) is 0 Å². The quantitative estimate of drug-likeness (QED) is 0.815. The topological polar surface area (TPSA) is 21.3 Å². The molecule has 1 aromatic rings. The Kier molecular flexibility index (Phi) is 7.93. The van der Waals surface area contributed by atoms with Gasteiger partial charge in [0.2, 0.25) is 0 Å². The van der Waals surface area contributed by atoms with E-state index in [-0.39, 0.29) is 12.4 Å². The van der Waals surface area contributed by atoms with E-state index in [9.17, 15) is 0 Å². The van der Waals surface area contributed by atoms with Crippen molar-refractivity contribution in [1.29, 1.82) is 0 Å². The normalized spacial score (nSPS) is 16.0. The Morgan fingerprint density at radius 3 is 2.60 bits per heavy atom. The molecule has 0 unspecified atom stereocenters. The molecule has 2 nitrogen and oxygen atoms in total. The van der Waals surface area contributed by atoms with Crippen LogP contribution in [0.5, 0.6) is 5.75 Å². The molecule has 0 aliphatic carbocycles. The highest BCUT2D eigenvalue weighted by molar-refractivity contribution is 9.10. The van der Waals surface area contributed by atoms with Crippen LogP contribution in [0.25, 0.3) is 0 Å². The van der Waals surface area contributed by atoms with Gasteiger partial charge in [-0.25, -0.2) is 0 Å². The Labute approximate surface area is 137 Å². The van der Waals surface area contributed by atoms with E-state index in [1.165, 1.54) is 24.8 Å². The fraction of sp³-hybridized carbons (Fsp3) is 0.625. The summed E-state index contributed by atoms with van der Waals surface area (Å²) in [6.45, 7) is 7.57. The molecule has 1 fully saturated rings. The minimum absolute atomic E-state index is 0. The van der Waals surface area contributed by atoms with Gasteiger partial charge < -0.3 is 10.1 Å². The van der Waals surface area contributed by atoms with Crippen LogP contribution in [0.2, 0.25) is 0 Å². The molecule has 1 aromatic carbocycles. The fourth-order valence-corrected chi connectivity index (χ4v) is 3.01. The Hall–Kier alpha value is -0.250. The predicted octanol–water partition coefficient (Wildman–Crippen LogP) is 4.76. The van der Waals surface area contributed by atoms with Gasteiger partial charge in [0.15, 0.2) is 0 Å². The van der Waals surface area contributed by atoms with Crippen LogP contribution in [0.1, 0.15) is 44.6 Å². The largest absolute Gasteiger partial charge is 0.492 e. The number of rotatable bonds is 5. The maximum absolute atomic E-state index is 5.91. The number of hydrogen-bond donors (Lipinski definition) is 1. The highest BCUT2D eigenvalue weighted by Gasteiger charge is 2.13. The zero-order valence-electron chi connectivity index (χ0n) is 12.3. The third-order valence-corrected chi connectivity index (χ3v) is 4.48. The number of halogens is 2. The molecular formula is C16H25BrClNO. The minimum Gasteiger partial charge on any atom is -0.492 e. The summed E-state index contributed by atoms with van der Waals surface area (Å²) in [5.41, 5.74) is 1.34. The van der Waals surface area contributed by atoms with E-state index in [1.54, 1.807) is 0 Å². The second-order valence-electron chi connectivity index (χ2n) is 5.68. The highest BCUT2D eigenvalue weighted by atomic mass is 79.9. The second-order valence-corrected chi connectivity index (χ2v) is 6.53. The van der Waals surface area contributed by atoms with E-state index in [1.807, 2.05) is 0 Å². The van der Waals surface area contributed by atoms with Crippen LogP contribution in [-0.4, -0.2) is 19.7 Å². The molecule has 0 saturated carbocycles. The lowest BCUT2D eigenvalue weighted by molar-refractivity contribution is 0.251. The van der Waals surface area contributed by atoms with E-state index in [0.29, 0.717) is 5.92 Å². The first-order chi connectivity index (χ1) is 9.16. The van der Waals surface area contributed by atoms with Crippen molar-refractivity contribution in [2.45, 2.75) is 39.0 Å². The van der Waals surface area contributed by atoms with Crippen LogP contribution in [0.15, 0.2) is 22.7 Å². The van der Waals surface area contributed by atoms with Crippen molar-refractivity contribution < 1.29 is 4.74 Å². The lowest BCUT2D eigenvalue weighted by Crippen LogP contribution is -2.28. The van der Waals surface area contributed by atoms with Gasteiger partial charge in [-0.2, -0.15) is 0 Å². The molecule has 1 heterocycles. The monoisotopic (exact) mass is 361 g/mol. The third-order valence-electron chi connectivity index (χ3n) is 3.86. The lowest BCUT2D eigenvalue weighted by Gasteiger charge is -2.22. The van der Waals surface area contributed by atoms with Crippen molar-refractivity contribution in [3.63, 3.8) is 0 Å². The first-order valence-corrected chi connectivity index (χ1v) is 8.09. The van der Waals surface area contributed by atoms with Crippen molar-refractivity contribution in [2.75, 3.05) is 19.7 Å². The van der Waals surface area contributed by atoms with Gasteiger partial charge in [0.05, 0.1) is 11.1 Å². The summed E-state index contributed by atoms with van der Waals surface area (Å²) in [6.07, 6.45) is 3.74. The van der Waals surface area contributed by atoms with E-state index in [4.69, 9.17) is 4.74 Å². The van der Waals surface area contributed by atoms with Gasteiger partial charge in [-0.05, 0) is 77.8 Å². The van der Waals surface area contributed by atoms with Crippen molar-refractivity contribution >= 4 is 28.3 Å². The predicted molar refractivity (Wildman–Crippen MR) is 91.2 cm³/mol. The average molecular weight is 363 g/mol. The summed E-state index contributed by atoms with van der Waals surface area (Å²) >= 11 is 3.61. The smallest absolute Gasteiger partial charge is 0.133 e. The molecule has 1 aliphatic rings. The molecule has 4 heteroatoms. The van der Waals surface area contributed by atoms with Crippen molar-refractivity contribution in [2.24, 2.45) is 5.92 Å². The highest BCUT2D eigenvalue weighted by Crippen LogP contribution is 2.29. The SMILES string of the molecule is CC(C)c1ccc(OCCC2CCNCC2)c(Br)c1.Cl. The standard InChI is InChI=1S/C16H24BrNO.ClH/c1-12(2)14-3-4-16(15(17)11-14)19-10-7-13-5-8-18-9-6-13;/h3-4,11-13,18H,5-10H2,1-2H3;1H.